The molecule has 0 fully saturated rings. The third-order valence-electron chi connectivity index (χ3n) is 17.7. The minimum Gasteiger partial charge on any atom is -0.456 e. The Hall–Kier alpha value is -11.4. The second kappa shape index (κ2) is 20.2. The van der Waals surface area contributed by atoms with Crippen LogP contribution >= 0.6 is 0 Å². The van der Waals surface area contributed by atoms with Crippen molar-refractivity contribution in [2.24, 2.45) is 0 Å². The topological polar surface area (TPSA) is 45.9 Å². The van der Waals surface area contributed by atoms with Gasteiger partial charge < -0.3 is 23.1 Å². The summed E-state index contributed by atoms with van der Waals surface area (Å²) in [5.74, 6) is 0. The van der Waals surface area contributed by atoms with Crippen LogP contribution in [-0.4, -0.2) is 0 Å². The molecule has 5 nitrogen and oxygen atoms in total. The fraction of sp³-hybridized carbons (Fsp3) is 0.0244. The lowest BCUT2D eigenvalue weighted by molar-refractivity contribution is 0.668. The highest BCUT2D eigenvalue weighted by molar-refractivity contribution is 6.31. The average molecular weight is 1120 g/mol. The third-order valence-corrected chi connectivity index (χ3v) is 17.7. The second-order valence-corrected chi connectivity index (χ2v) is 22.7. The van der Waals surface area contributed by atoms with Gasteiger partial charge in [-0.1, -0.05) is 255 Å². The molecule has 410 valence electrons. The van der Waals surface area contributed by atoms with Crippen molar-refractivity contribution in [1.82, 2.24) is 0 Å². The van der Waals surface area contributed by atoms with E-state index in [-0.39, 0.29) is 0 Å². The molecule has 0 saturated carbocycles. The van der Waals surface area contributed by atoms with Crippen LogP contribution in [0, 0.1) is 13.8 Å². The van der Waals surface area contributed by atoms with Crippen LogP contribution in [0.5, 0.6) is 0 Å². The number of anilines is 6. The smallest absolute Gasteiger partial charge is 0.159 e. The van der Waals surface area contributed by atoms with Gasteiger partial charge in [-0.3, -0.25) is 0 Å². The Morgan fingerprint density at radius 1 is 0.218 bits per heavy atom. The van der Waals surface area contributed by atoms with Crippen LogP contribution in [-0.2, 0) is 0 Å². The van der Waals surface area contributed by atoms with Crippen molar-refractivity contribution in [1.29, 1.82) is 0 Å². The summed E-state index contributed by atoms with van der Waals surface area (Å²) >= 11 is 0. The molecular weight excluding hydrogens is 1060 g/mol. The van der Waals surface area contributed by atoms with E-state index >= 15 is 0 Å². The zero-order chi connectivity index (χ0) is 57.7. The van der Waals surface area contributed by atoms with Gasteiger partial charge in [0.05, 0.1) is 34.1 Å². The molecule has 0 N–H and O–H groups in total. The van der Waals surface area contributed by atoms with Crippen LogP contribution in [0.15, 0.2) is 304 Å². The number of hydrogen-bond donors (Lipinski definition) is 0. The molecular formula is C82H54N2O3. The SMILES string of the molecule is Cc1ccccc1-c1cccc2c1oc1c(N(c3ccccc3-c3ccccc3)c3cc4oc5cc(N(c6ccccc6-c6ccccc6)c6cccc7c6oc6c(-c8ccccc8C)cccc67)c6ccccc6c5c4c4ccccc34)cccc12. The van der Waals surface area contributed by atoms with E-state index in [0.29, 0.717) is 0 Å². The van der Waals surface area contributed by atoms with Crippen molar-refractivity contribution in [3.63, 3.8) is 0 Å². The molecule has 3 aromatic heterocycles. The van der Waals surface area contributed by atoms with Gasteiger partial charge in [0.2, 0.25) is 0 Å². The lowest BCUT2D eigenvalue weighted by atomic mass is 9.95. The third kappa shape index (κ3) is 7.94. The number of aryl methyl sites for hydroxylation is 2. The predicted octanol–water partition coefficient (Wildman–Crippen LogP) is 23.9. The Labute approximate surface area is 502 Å². The molecule has 0 bridgehead atoms. The van der Waals surface area contributed by atoms with Crippen LogP contribution in [0.1, 0.15) is 11.1 Å². The van der Waals surface area contributed by atoms with E-state index < -0.39 is 0 Å². The normalized spacial score (nSPS) is 11.8. The van der Waals surface area contributed by atoms with Gasteiger partial charge in [0.15, 0.2) is 11.2 Å². The summed E-state index contributed by atoms with van der Waals surface area (Å²) in [7, 11) is 0. The van der Waals surface area contributed by atoms with Gasteiger partial charge >= 0.3 is 0 Å². The molecule has 0 spiro atoms. The van der Waals surface area contributed by atoms with Crippen LogP contribution in [0.4, 0.5) is 34.1 Å². The lowest BCUT2D eigenvalue weighted by Crippen LogP contribution is -2.12. The van der Waals surface area contributed by atoms with E-state index in [1.54, 1.807) is 0 Å². The van der Waals surface area contributed by atoms with Crippen molar-refractivity contribution in [2.75, 3.05) is 9.80 Å². The molecule has 0 aliphatic heterocycles. The fourth-order valence-corrected chi connectivity index (χ4v) is 13.8. The van der Waals surface area contributed by atoms with E-state index in [2.05, 4.69) is 315 Å². The number of furan rings is 3. The minimum atomic E-state index is 0.765. The van der Waals surface area contributed by atoms with Crippen molar-refractivity contribution in [3.05, 3.63) is 302 Å². The molecule has 3 heterocycles. The largest absolute Gasteiger partial charge is 0.456 e. The van der Waals surface area contributed by atoms with Gasteiger partial charge in [0.25, 0.3) is 0 Å². The highest BCUT2D eigenvalue weighted by atomic mass is 16.3. The summed E-state index contributed by atoms with van der Waals surface area (Å²) in [6.07, 6.45) is 0. The maximum absolute atomic E-state index is 7.55. The van der Waals surface area contributed by atoms with E-state index in [1.807, 2.05) is 0 Å². The quantitative estimate of drug-likeness (QED) is 0.137. The second-order valence-electron chi connectivity index (χ2n) is 22.7. The first-order valence-corrected chi connectivity index (χ1v) is 29.7. The molecule has 0 radical (unpaired) electrons. The molecule has 5 heteroatoms. The van der Waals surface area contributed by atoms with Gasteiger partial charge in [-0.2, -0.15) is 0 Å². The van der Waals surface area contributed by atoms with Gasteiger partial charge in [-0.15, -0.1) is 0 Å². The van der Waals surface area contributed by atoms with Crippen molar-refractivity contribution in [2.45, 2.75) is 13.8 Å². The molecule has 0 unspecified atom stereocenters. The van der Waals surface area contributed by atoms with Gasteiger partial charge in [0, 0.05) is 77.5 Å². The van der Waals surface area contributed by atoms with Crippen LogP contribution in [0.25, 0.3) is 132 Å². The Morgan fingerprint density at radius 2 is 0.529 bits per heavy atom. The first-order chi connectivity index (χ1) is 43.0. The Balaban J connectivity index is 0.945. The number of benzene rings is 14. The maximum Gasteiger partial charge on any atom is 0.159 e. The maximum atomic E-state index is 7.55. The highest BCUT2D eigenvalue weighted by Gasteiger charge is 2.30. The Kier molecular flexibility index (Phi) is 11.6. The molecule has 87 heavy (non-hydrogen) atoms. The summed E-state index contributed by atoms with van der Waals surface area (Å²) < 4.78 is 22.2. The van der Waals surface area contributed by atoms with Crippen molar-refractivity contribution >= 4 is 121 Å². The fourth-order valence-electron chi connectivity index (χ4n) is 13.8. The number of fused-ring (bicyclic) bond motifs is 13. The number of rotatable bonds is 10. The summed E-state index contributed by atoms with van der Waals surface area (Å²) in [5, 5.41) is 10.6. The van der Waals surface area contributed by atoms with Gasteiger partial charge in [-0.25, -0.2) is 0 Å². The molecule has 0 aliphatic rings. The standard InChI is InChI=1S/C82H54N2O3/c1-51-25-9-11-31-55(51)63-39-21-41-65-67-43-23-47-71(81(67)86-79(63)65)83(69-45-19-17-33-57(69)53-27-5-3-6-28-53)73-49-75-77(61-37-15-13-35-59(61)73)78-62-38-16-14-36-60(62)74(50-76(78)85-75)84(70-46-20-18-34-58(70)54-29-7-4-8-30-54)72-48-24-44-68-66-42-22-40-64(80(66)87-82(68)72)56-32-12-10-26-52(56)2/h3-50H,1-2H3. The van der Waals surface area contributed by atoms with Crippen molar-refractivity contribution < 1.29 is 13.3 Å². The van der Waals surface area contributed by atoms with Crippen LogP contribution < -0.4 is 9.80 Å². The summed E-state index contributed by atoms with van der Waals surface area (Å²) in [6.45, 7) is 4.33. The van der Waals surface area contributed by atoms with Crippen LogP contribution in [0.3, 0.4) is 0 Å². The predicted molar refractivity (Wildman–Crippen MR) is 364 cm³/mol. The van der Waals surface area contributed by atoms with E-state index in [0.717, 1.165) is 166 Å². The van der Waals surface area contributed by atoms with E-state index in [9.17, 15) is 0 Å². The number of nitrogens with zero attached hydrogens (tertiary/aromatic N) is 2. The summed E-state index contributed by atoms with van der Waals surface area (Å²) in [6, 6.07) is 104. The monoisotopic (exact) mass is 1110 g/mol. The number of para-hydroxylation sites is 6. The van der Waals surface area contributed by atoms with Gasteiger partial charge in [-0.05, 0) is 82.3 Å². The highest BCUT2D eigenvalue weighted by Crippen LogP contribution is 2.54. The summed E-state index contributed by atoms with van der Waals surface area (Å²) in [5.41, 5.74) is 21.7. The molecule has 0 saturated heterocycles. The average Bonchev–Trinajstić information content (AvgIpc) is 1.75. The molecule has 0 atom stereocenters. The molecule has 0 amide bonds. The van der Waals surface area contributed by atoms with Gasteiger partial charge in [0.1, 0.15) is 22.3 Å². The van der Waals surface area contributed by atoms with Crippen molar-refractivity contribution in [3.8, 4) is 44.5 Å². The zero-order valence-electron chi connectivity index (χ0n) is 47.8. The first kappa shape index (κ1) is 50.1. The van der Waals surface area contributed by atoms with E-state index in [1.165, 1.54) is 11.1 Å². The first-order valence-electron chi connectivity index (χ1n) is 29.7. The molecule has 17 aromatic rings. The van der Waals surface area contributed by atoms with E-state index in [4.69, 9.17) is 13.3 Å². The lowest BCUT2D eigenvalue weighted by Gasteiger charge is -2.29. The Morgan fingerprint density at radius 3 is 0.954 bits per heavy atom. The minimum absolute atomic E-state index is 0.765. The molecule has 17 rings (SSSR count). The Bertz CT molecular complexity index is 5230. The van der Waals surface area contributed by atoms with Crippen LogP contribution in [0.2, 0.25) is 0 Å². The molecule has 14 aromatic carbocycles. The molecule has 0 aliphatic carbocycles. The zero-order valence-corrected chi connectivity index (χ0v) is 47.8. The summed E-state index contributed by atoms with van der Waals surface area (Å²) in [4.78, 5) is 4.81. The number of hydrogen-bond acceptors (Lipinski definition) is 5.